The summed E-state index contributed by atoms with van der Waals surface area (Å²) in [6, 6.07) is 3.42. The number of aromatic nitrogens is 3. The summed E-state index contributed by atoms with van der Waals surface area (Å²) in [4.78, 5) is 23.1. The molecule has 0 saturated heterocycles. The van der Waals surface area contributed by atoms with Crippen LogP contribution in [0.5, 0.6) is 0 Å². The van der Waals surface area contributed by atoms with Crippen molar-refractivity contribution in [2.75, 3.05) is 0 Å². The van der Waals surface area contributed by atoms with E-state index in [0.717, 1.165) is 11.1 Å². The minimum Gasteiger partial charge on any atom is -0.310 e. The summed E-state index contributed by atoms with van der Waals surface area (Å²) >= 11 is 0. The predicted octanol–water partition coefficient (Wildman–Crippen LogP) is 2.44. The molecule has 0 radical (unpaired) electrons. The zero-order valence-corrected chi connectivity index (χ0v) is 11.1. The van der Waals surface area contributed by atoms with Crippen LogP contribution in [0.25, 0.3) is 11.3 Å². The van der Waals surface area contributed by atoms with Gasteiger partial charge in [-0.15, -0.1) is 0 Å². The average Bonchev–Trinajstić information content (AvgIpc) is 2.27. The standard InChI is InChI=1S/C14H17N3O/c1-9-5-6-15-8-10(9)11-7-12(18)17-13(16-11)14(2,3)4/h5-8H,1-4H3,(H,16,17,18). The molecule has 0 atom stereocenters. The molecule has 2 rings (SSSR count). The van der Waals surface area contributed by atoms with Gasteiger partial charge in [-0.1, -0.05) is 20.8 Å². The molecular weight excluding hydrogens is 226 g/mol. The van der Waals surface area contributed by atoms with E-state index in [4.69, 9.17) is 0 Å². The van der Waals surface area contributed by atoms with Gasteiger partial charge in [0.2, 0.25) is 0 Å². The van der Waals surface area contributed by atoms with Crippen LogP contribution in [-0.2, 0) is 5.41 Å². The van der Waals surface area contributed by atoms with Crippen LogP contribution in [0.1, 0.15) is 32.2 Å². The second-order valence-electron chi connectivity index (χ2n) is 5.42. The first kappa shape index (κ1) is 12.5. The lowest BCUT2D eigenvalue weighted by molar-refractivity contribution is 0.543. The number of nitrogens with zero attached hydrogens (tertiary/aromatic N) is 2. The average molecular weight is 243 g/mol. The highest BCUT2D eigenvalue weighted by Gasteiger charge is 2.18. The largest absolute Gasteiger partial charge is 0.310 e. The third-order valence-corrected chi connectivity index (χ3v) is 2.77. The Kier molecular flexibility index (Phi) is 3.03. The fraction of sp³-hybridized carbons (Fsp3) is 0.357. The maximum absolute atomic E-state index is 11.7. The van der Waals surface area contributed by atoms with Crippen molar-refractivity contribution in [1.82, 2.24) is 15.0 Å². The molecule has 2 aromatic heterocycles. The zero-order valence-electron chi connectivity index (χ0n) is 11.1. The van der Waals surface area contributed by atoms with Gasteiger partial charge < -0.3 is 4.98 Å². The van der Waals surface area contributed by atoms with E-state index in [1.54, 1.807) is 12.4 Å². The number of pyridine rings is 1. The molecule has 0 amide bonds. The lowest BCUT2D eigenvalue weighted by atomic mass is 9.95. The quantitative estimate of drug-likeness (QED) is 0.836. The molecule has 0 fully saturated rings. The van der Waals surface area contributed by atoms with Crippen molar-refractivity contribution in [3.63, 3.8) is 0 Å². The Morgan fingerprint density at radius 2 is 2.00 bits per heavy atom. The molecule has 18 heavy (non-hydrogen) atoms. The van der Waals surface area contributed by atoms with E-state index < -0.39 is 0 Å². The van der Waals surface area contributed by atoms with Gasteiger partial charge in [0.25, 0.3) is 5.56 Å². The van der Waals surface area contributed by atoms with Crippen molar-refractivity contribution in [2.45, 2.75) is 33.1 Å². The van der Waals surface area contributed by atoms with Gasteiger partial charge in [0.15, 0.2) is 0 Å². The second kappa shape index (κ2) is 4.37. The summed E-state index contributed by atoms with van der Waals surface area (Å²) in [6.07, 6.45) is 3.47. The summed E-state index contributed by atoms with van der Waals surface area (Å²) in [6.45, 7) is 8.04. The number of nitrogens with one attached hydrogen (secondary N) is 1. The van der Waals surface area contributed by atoms with Crippen LogP contribution in [0.15, 0.2) is 29.3 Å². The molecule has 0 aromatic carbocycles. The molecule has 4 heteroatoms. The van der Waals surface area contributed by atoms with Crippen LogP contribution in [0.2, 0.25) is 0 Å². The highest BCUT2D eigenvalue weighted by Crippen LogP contribution is 2.22. The molecule has 0 aliphatic heterocycles. The van der Waals surface area contributed by atoms with Crippen LogP contribution < -0.4 is 5.56 Å². The number of aromatic amines is 1. The topological polar surface area (TPSA) is 58.6 Å². The number of hydrogen-bond donors (Lipinski definition) is 1. The van der Waals surface area contributed by atoms with Gasteiger partial charge in [-0.25, -0.2) is 4.98 Å². The first-order valence-electron chi connectivity index (χ1n) is 5.91. The zero-order chi connectivity index (χ0) is 13.3. The first-order chi connectivity index (χ1) is 8.38. The van der Waals surface area contributed by atoms with Crippen LogP contribution >= 0.6 is 0 Å². The van der Waals surface area contributed by atoms with Gasteiger partial charge in [0, 0.05) is 29.4 Å². The van der Waals surface area contributed by atoms with Crippen LogP contribution in [0.3, 0.4) is 0 Å². The maximum atomic E-state index is 11.7. The monoisotopic (exact) mass is 243 g/mol. The van der Waals surface area contributed by atoms with E-state index >= 15 is 0 Å². The third-order valence-electron chi connectivity index (χ3n) is 2.77. The minimum absolute atomic E-state index is 0.131. The molecule has 2 aromatic rings. The van der Waals surface area contributed by atoms with E-state index in [2.05, 4.69) is 15.0 Å². The van der Waals surface area contributed by atoms with Gasteiger partial charge in [0.1, 0.15) is 5.82 Å². The van der Waals surface area contributed by atoms with Crippen molar-refractivity contribution in [1.29, 1.82) is 0 Å². The lowest BCUT2D eigenvalue weighted by Crippen LogP contribution is -2.22. The summed E-state index contributed by atoms with van der Waals surface area (Å²) in [5.41, 5.74) is 2.31. The number of aryl methyl sites for hydroxylation is 1. The minimum atomic E-state index is -0.189. The summed E-state index contributed by atoms with van der Waals surface area (Å²) < 4.78 is 0. The van der Waals surface area contributed by atoms with Crippen LogP contribution in [-0.4, -0.2) is 15.0 Å². The van der Waals surface area contributed by atoms with Crippen molar-refractivity contribution in [2.24, 2.45) is 0 Å². The molecule has 94 valence electrons. The van der Waals surface area contributed by atoms with Crippen LogP contribution in [0, 0.1) is 6.92 Å². The molecule has 0 aliphatic rings. The first-order valence-corrected chi connectivity index (χ1v) is 5.91. The van der Waals surface area contributed by atoms with E-state index in [0.29, 0.717) is 11.5 Å². The van der Waals surface area contributed by atoms with E-state index in [9.17, 15) is 4.79 Å². The Labute approximate surface area is 106 Å². The fourth-order valence-corrected chi connectivity index (χ4v) is 1.68. The van der Waals surface area contributed by atoms with Gasteiger partial charge in [0.05, 0.1) is 5.69 Å². The maximum Gasteiger partial charge on any atom is 0.251 e. The summed E-state index contributed by atoms with van der Waals surface area (Å²) in [5, 5.41) is 0. The Bertz CT molecular complexity index is 623. The SMILES string of the molecule is Cc1ccncc1-c1cc(=O)[nH]c(C(C)(C)C)n1. The predicted molar refractivity (Wildman–Crippen MR) is 71.5 cm³/mol. The molecule has 0 aliphatic carbocycles. The molecule has 2 heterocycles. The smallest absolute Gasteiger partial charge is 0.251 e. The Balaban J connectivity index is 2.63. The fourth-order valence-electron chi connectivity index (χ4n) is 1.68. The van der Waals surface area contributed by atoms with Gasteiger partial charge in [-0.3, -0.25) is 9.78 Å². The normalized spacial score (nSPS) is 11.6. The molecule has 4 nitrogen and oxygen atoms in total. The molecular formula is C14H17N3O. The van der Waals surface area contributed by atoms with Gasteiger partial charge in [-0.05, 0) is 18.6 Å². The van der Waals surface area contributed by atoms with Crippen molar-refractivity contribution >= 4 is 0 Å². The third kappa shape index (κ3) is 2.47. The van der Waals surface area contributed by atoms with E-state index in [1.807, 2.05) is 33.8 Å². The van der Waals surface area contributed by atoms with Crippen molar-refractivity contribution < 1.29 is 0 Å². The Morgan fingerprint density at radius 3 is 2.61 bits per heavy atom. The summed E-state index contributed by atoms with van der Waals surface area (Å²) in [5.74, 6) is 0.688. The summed E-state index contributed by atoms with van der Waals surface area (Å²) in [7, 11) is 0. The van der Waals surface area contributed by atoms with Gasteiger partial charge >= 0.3 is 0 Å². The molecule has 0 saturated carbocycles. The van der Waals surface area contributed by atoms with E-state index in [-0.39, 0.29) is 11.0 Å². The van der Waals surface area contributed by atoms with Crippen molar-refractivity contribution in [3.05, 3.63) is 46.3 Å². The highest BCUT2D eigenvalue weighted by molar-refractivity contribution is 5.61. The lowest BCUT2D eigenvalue weighted by Gasteiger charge is -2.17. The molecule has 0 spiro atoms. The number of H-pyrrole nitrogens is 1. The highest BCUT2D eigenvalue weighted by atomic mass is 16.1. The molecule has 1 N–H and O–H groups in total. The van der Waals surface area contributed by atoms with Crippen LogP contribution in [0.4, 0.5) is 0 Å². The molecule has 0 bridgehead atoms. The Hall–Kier alpha value is -1.97. The number of rotatable bonds is 1. The second-order valence-corrected chi connectivity index (χ2v) is 5.42. The van der Waals surface area contributed by atoms with Crippen molar-refractivity contribution in [3.8, 4) is 11.3 Å². The number of hydrogen-bond acceptors (Lipinski definition) is 3. The van der Waals surface area contributed by atoms with E-state index in [1.165, 1.54) is 6.07 Å². The van der Waals surface area contributed by atoms with Gasteiger partial charge in [-0.2, -0.15) is 0 Å². The Morgan fingerprint density at radius 1 is 1.28 bits per heavy atom. The molecule has 0 unspecified atom stereocenters.